The van der Waals surface area contributed by atoms with E-state index in [1.807, 2.05) is 19.1 Å². The minimum Gasteiger partial charge on any atom is -0.494 e. The van der Waals surface area contributed by atoms with Crippen molar-refractivity contribution in [3.8, 4) is 11.6 Å². The Kier molecular flexibility index (Phi) is 4.42. The fraction of sp³-hybridized carbons (Fsp3) is 0.250. The Labute approximate surface area is 176 Å². The second-order valence-electron chi connectivity index (χ2n) is 7.13. The Hall–Kier alpha value is -4.15. The third-order valence-corrected chi connectivity index (χ3v) is 5.00. The first-order chi connectivity index (χ1) is 15.1. The van der Waals surface area contributed by atoms with Gasteiger partial charge in [0.1, 0.15) is 18.7 Å². The molecule has 3 N–H and O–H groups in total. The minimum absolute atomic E-state index is 0.226. The van der Waals surface area contributed by atoms with Crippen molar-refractivity contribution in [2.24, 2.45) is 0 Å². The maximum Gasteiger partial charge on any atom is 0.271 e. The maximum atomic E-state index is 12.9. The van der Waals surface area contributed by atoms with Gasteiger partial charge in [0.15, 0.2) is 17.2 Å². The van der Waals surface area contributed by atoms with Crippen molar-refractivity contribution in [1.82, 2.24) is 29.9 Å². The van der Waals surface area contributed by atoms with Crippen molar-refractivity contribution in [2.45, 2.75) is 13.0 Å². The van der Waals surface area contributed by atoms with Crippen molar-refractivity contribution >= 4 is 39.6 Å². The number of ether oxygens (including phenoxy) is 2. The van der Waals surface area contributed by atoms with Crippen LogP contribution in [0.4, 0.5) is 17.2 Å². The summed E-state index contributed by atoms with van der Waals surface area (Å²) in [6.07, 6.45) is 2.93. The highest BCUT2D eigenvalue weighted by molar-refractivity contribution is 5.94. The summed E-state index contributed by atoms with van der Waals surface area (Å²) in [5, 5.41) is 14.6. The van der Waals surface area contributed by atoms with Crippen LogP contribution in [0.2, 0.25) is 0 Å². The number of anilines is 3. The number of hydrogen-bond acceptors (Lipinski definition) is 9. The molecule has 11 nitrogen and oxygen atoms in total. The number of hydrogen-bond donors (Lipinski definition) is 3. The molecule has 1 amide bonds. The number of nitrogens with zero attached hydrogens (tertiary/aromatic N) is 5. The molecule has 5 rings (SSSR count). The Bertz CT molecular complexity index is 1320. The van der Waals surface area contributed by atoms with E-state index >= 15 is 0 Å². The molecule has 0 saturated heterocycles. The highest BCUT2D eigenvalue weighted by atomic mass is 16.5. The number of fused-ring (bicyclic) bond motifs is 2. The van der Waals surface area contributed by atoms with Crippen molar-refractivity contribution in [2.75, 3.05) is 31.4 Å². The number of methoxy groups -OCH3 is 1. The molecule has 0 fully saturated rings. The number of amides is 1. The van der Waals surface area contributed by atoms with E-state index in [4.69, 9.17) is 9.47 Å². The first kappa shape index (κ1) is 18.9. The molecule has 1 atom stereocenters. The number of aromatic nitrogens is 5. The van der Waals surface area contributed by atoms with Crippen molar-refractivity contribution in [3.05, 3.63) is 36.4 Å². The predicted molar refractivity (Wildman–Crippen MR) is 114 cm³/mol. The van der Waals surface area contributed by atoms with E-state index in [-0.39, 0.29) is 18.6 Å². The van der Waals surface area contributed by atoms with Gasteiger partial charge in [-0.3, -0.25) is 4.79 Å². The molecule has 0 saturated carbocycles. The lowest BCUT2D eigenvalue weighted by atomic mass is 10.2. The van der Waals surface area contributed by atoms with Gasteiger partial charge in [0.25, 0.3) is 5.91 Å². The van der Waals surface area contributed by atoms with Gasteiger partial charge in [-0.15, -0.1) is 5.10 Å². The topological polar surface area (TPSA) is 128 Å². The number of rotatable bonds is 2. The molecule has 3 aromatic heterocycles. The smallest absolute Gasteiger partial charge is 0.271 e. The first-order valence-electron chi connectivity index (χ1n) is 9.67. The van der Waals surface area contributed by atoms with Crippen LogP contribution in [-0.2, 0) is 0 Å². The summed E-state index contributed by atoms with van der Waals surface area (Å²) >= 11 is 0. The van der Waals surface area contributed by atoms with Gasteiger partial charge >= 0.3 is 0 Å². The van der Waals surface area contributed by atoms with Crippen LogP contribution in [0.5, 0.6) is 11.6 Å². The molecule has 11 heteroatoms. The molecule has 4 aromatic rings. The lowest BCUT2D eigenvalue weighted by molar-refractivity contribution is 0.0919. The van der Waals surface area contributed by atoms with Gasteiger partial charge in [-0.25, -0.2) is 19.5 Å². The monoisotopic (exact) mass is 420 g/mol. The predicted octanol–water partition coefficient (Wildman–Crippen LogP) is 1.98. The summed E-state index contributed by atoms with van der Waals surface area (Å²) < 4.78 is 13.0. The van der Waals surface area contributed by atoms with Crippen LogP contribution in [0.25, 0.3) is 16.6 Å². The Balaban J connectivity index is 1.75. The quantitative estimate of drug-likeness (QED) is 0.446. The normalized spacial score (nSPS) is 16.0. The zero-order valence-corrected chi connectivity index (χ0v) is 17.1. The van der Waals surface area contributed by atoms with Gasteiger partial charge in [-0.05, 0) is 13.0 Å². The van der Waals surface area contributed by atoms with Gasteiger partial charge in [-0.1, -0.05) is 0 Å². The van der Waals surface area contributed by atoms with Crippen LogP contribution >= 0.6 is 0 Å². The van der Waals surface area contributed by atoms with Crippen LogP contribution in [0.3, 0.4) is 0 Å². The number of benzene rings is 1. The fourth-order valence-corrected chi connectivity index (χ4v) is 3.49. The van der Waals surface area contributed by atoms with E-state index in [2.05, 4.69) is 36.0 Å². The summed E-state index contributed by atoms with van der Waals surface area (Å²) in [6.45, 7) is 2.08. The fourth-order valence-electron chi connectivity index (χ4n) is 3.49. The average Bonchev–Trinajstić information content (AvgIpc) is 3.20. The molecule has 158 valence electrons. The molecular weight excluding hydrogens is 400 g/mol. The second kappa shape index (κ2) is 7.27. The van der Waals surface area contributed by atoms with Gasteiger partial charge in [0.2, 0.25) is 5.88 Å². The molecular formula is C20H20N8O3. The zero-order chi connectivity index (χ0) is 21.5. The highest BCUT2D eigenvalue weighted by Gasteiger charge is 2.20. The number of carbonyl (C=O) groups excluding carboxylic acids is 1. The van der Waals surface area contributed by atoms with Crippen LogP contribution in [0.15, 0.2) is 30.7 Å². The zero-order valence-electron chi connectivity index (χ0n) is 17.1. The van der Waals surface area contributed by atoms with Gasteiger partial charge in [0, 0.05) is 19.2 Å². The molecule has 0 spiro atoms. The molecule has 31 heavy (non-hydrogen) atoms. The lowest BCUT2D eigenvalue weighted by Crippen LogP contribution is -2.37. The van der Waals surface area contributed by atoms with Gasteiger partial charge < -0.3 is 25.4 Å². The summed E-state index contributed by atoms with van der Waals surface area (Å²) in [4.78, 5) is 25.8. The van der Waals surface area contributed by atoms with Crippen molar-refractivity contribution in [3.63, 3.8) is 0 Å². The Morgan fingerprint density at radius 1 is 1.26 bits per heavy atom. The van der Waals surface area contributed by atoms with Gasteiger partial charge in [0.05, 0.1) is 41.6 Å². The second-order valence-corrected chi connectivity index (χ2v) is 7.13. The third kappa shape index (κ3) is 3.19. The molecule has 4 bridgehead atoms. The van der Waals surface area contributed by atoms with E-state index in [9.17, 15) is 4.79 Å². The summed E-state index contributed by atoms with van der Waals surface area (Å²) in [5.41, 5.74) is 2.88. The average molecular weight is 420 g/mol. The molecule has 0 unspecified atom stereocenters. The SMILES string of the molecule is CNc1cc2nn3c(cnc13)C(=O)N[C@H](C)COc1ncnc3cc(OC)c(cc13)N2. The standard InChI is InChI=1S/C20H20N8O3/c1-10-8-31-20-11-4-13(16(30-3)5-12(11)23-9-24-20)26-17-6-14(21-2)18-22-7-15(19(29)25-10)28(18)27-17/h4-7,9-10,21H,8H2,1-3H3,(H,25,29)(H,26,27)/t10-/m1/s1. The number of carbonyl (C=O) groups is 1. The summed E-state index contributed by atoms with van der Waals surface area (Å²) in [7, 11) is 3.37. The van der Waals surface area contributed by atoms with Crippen LogP contribution in [0.1, 0.15) is 17.4 Å². The Morgan fingerprint density at radius 2 is 2.13 bits per heavy atom. The Morgan fingerprint density at radius 3 is 2.94 bits per heavy atom. The van der Waals surface area contributed by atoms with E-state index in [1.165, 1.54) is 17.0 Å². The van der Waals surface area contributed by atoms with E-state index in [1.54, 1.807) is 20.2 Å². The van der Waals surface area contributed by atoms with E-state index in [0.717, 1.165) is 0 Å². The minimum atomic E-state index is -0.309. The molecule has 0 aliphatic carbocycles. The molecule has 1 aliphatic rings. The van der Waals surface area contributed by atoms with E-state index in [0.29, 0.717) is 51.1 Å². The molecule has 1 aliphatic heterocycles. The largest absolute Gasteiger partial charge is 0.494 e. The van der Waals surface area contributed by atoms with Crippen LogP contribution in [-0.4, -0.2) is 57.3 Å². The summed E-state index contributed by atoms with van der Waals surface area (Å²) in [5.74, 6) is 1.18. The lowest BCUT2D eigenvalue weighted by Gasteiger charge is -2.18. The van der Waals surface area contributed by atoms with E-state index < -0.39 is 0 Å². The highest BCUT2D eigenvalue weighted by Crippen LogP contribution is 2.35. The molecule has 0 radical (unpaired) electrons. The van der Waals surface area contributed by atoms with Crippen molar-refractivity contribution in [1.29, 1.82) is 0 Å². The third-order valence-electron chi connectivity index (χ3n) is 5.00. The molecule has 4 heterocycles. The van der Waals surface area contributed by atoms with Crippen LogP contribution in [0, 0.1) is 0 Å². The number of imidazole rings is 1. The van der Waals surface area contributed by atoms with Crippen LogP contribution < -0.4 is 25.4 Å². The summed E-state index contributed by atoms with van der Waals surface area (Å²) in [6, 6.07) is 5.19. The first-order valence-corrected chi connectivity index (χ1v) is 9.67. The van der Waals surface area contributed by atoms with Crippen molar-refractivity contribution < 1.29 is 14.3 Å². The number of nitrogens with one attached hydrogen (secondary N) is 3. The maximum absolute atomic E-state index is 12.9. The molecule has 1 aromatic carbocycles. The van der Waals surface area contributed by atoms with Gasteiger partial charge in [-0.2, -0.15) is 0 Å².